The molecule has 2 N–H and O–H groups in total. The van der Waals surface area contributed by atoms with Crippen molar-refractivity contribution in [2.45, 2.75) is 38.1 Å². The molecule has 3 nitrogen and oxygen atoms in total. The average Bonchev–Trinajstić information content (AvgIpc) is 3.05. The van der Waals surface area contributed by atoms with Crippen LogP contribution in [0.3, 0.4) is 0 Å². The normalized spacial score (nSPS) is 17.3. The van der Waals surface area contributed by atoms with Crippen LogP contribution < -0.4 is 5.73 Å². The van der Waals surface area contributed by atoms with Crippen LogP contribution in [0.25, 0.3) is 10.9 Å². The summed E-state index contributed by atoms with van der Waals surface area (Å²) in [6.45, 7) is 1.95. The summed E-state index contributed by atoms with van der Waals surface area (Å²) in [7, 11) is 0. The van der Waals surface area contributed by atoms with Gasteiger partial charge in [0.25, 0.3) is 0 Å². The summed E-state index contributed by atoms with van der Waals surface area (Å²) in [5.41, 5.74) is 8.41. The molecule has 1 heterocycles. The molecule has 0 atom stereocenters. The van der Waals surface area contributed by atoms with Gasteiger partial charge in [-0.15, -0.1) is 0 Å². The van der Waals surface area contributed by atoms with E-state index < -0.39 is 0 Å². The standard InChI is InChI=1S/C14H17N3/c1-10-16-12-5-3-2-4-11(12)13(17-10)6-7-14(15)8-9-14/h2-5H,6-9,15H2,1H3. The Morgan fingerprint density at radius 2 is 2.00 bits per heavy atom. The zero-order valence-corrected chi connectivity index (χ0v) is 10.1. The number of nitrogens with two attached hydrogens (primary N) is 1. The van der Waals surface area contributed by atoms with Gasteiger partial charge in [-0.1, -0.05) is 18.2 Å². The first-order chi connectivity index (χ1) is 8.16. The van der Waals surface area contributed by atoms with Gasteiger partial charge in [-0.2, -0.15) is 0 Å². The molecule has 0 saturated heterocycles. The Morgan fingerprint density at radius 3 is 2.76 bits per heavy atom. The molecule has 88 valence electrons. The van der Waals surface area contributed by atoms with Crippen molar-refractivity contribution in [3.05, 3.63) is 35.8 Å². The first kappa shape index (κ1) is 10.7. The van der Waals surface area contributed by atoms with E-state index in [2.05, 4.69) is 16.0 Å². The number of aryl methyl sites for hydroxylation is 2. The smallest absolute Gasteiger partial charge is 0.126 e. The summed E-state index contributed by atoms with van der Waals surface area (Å²) in [4.78, 5) is 9.02. The van der Waals surface area contributed by atoms with Crippen molar-refractivity contribution in [3.8, 4) is 0 Å². The molecule has 3 rings (SSSR count). The van der Waals surface area contributed by atoms with E-state index in [0.29, 0.717) is 0 Å². The molecular formula is C14H17N3. The molecule has 0 aliphatic heterocycles. The molecule has 0 spiro atoms. The minimum Gasteiger partial charge on any atom is -0.325 e. The zero-order valence-electron chi connectivity index (χ0n) is 10.1. The maximum absolute atomic E-state index is 6.13. The maximum atomic E-state index is 6.13. The summed E-state index contributed by atoms with van der Waals surface area (Å²) >= 11 is 0. The highest BCUT2D eigenvalue weighted by molar-refractivity contribution is 5.80. The lowest BCUT2D eigenvalue weighted by Crippen LogP contribution is -2.22. The Labute approximate surface area is 101 Å². The molecule has 1 fully saturated rings. The van der Waals surface area contributed by atoms with Gasteiger partial charge in [0.15, 0.2) is 0 Å². The molecule has 1 aliphatic carbocycles. The van der Waals surface area contributed by atoms with E-state index in [1.54, 1.807) is 0 Å². The van der Waals surface area contributed by atoms with E-state index in [1.165, 1.54) is 5.39 Å². The van der Waals surface area contributed by atoms with Gasteiger partial charge in [-0.3, -0.25) is 0 Å². The van der Waals surface area contributed by atoms with Crippen LogP contribution in [0.1, 0.15) is 30.8 Å². The lowest BCUT2D eigenvalue weighted by molar-refractivity contribution is 0.604. The molecule has 1 aliphatic rings. The largest absolute Gasteiger partial charge is 0.325 e. The average molecular weight is 227 g/mol. The van der Waals surface area contributed by atoms with Crippen LogP contribution in [0.4, 0.5) is 0 Å². The second-order valence-electron chi connectivity index (χ2n) is 5.10. The molecule has 0 radical (unpaired) electrons. The van der Waals surface area contributed by atoms with E-state index in [-0.39, 0.29) is 5.54 Å². The number of aromatic nitrogens is 2. The van der Waals surface area contributed by atoms with Gasteiger partial charge in [-0.25, -0.2) is 9.97 Å². The van der Waals surface area contributed by atoms with Crippen LogP contribution in [0.5, 0.6) is 0 Å². The van der Waals surface area contributed by atoms with E-state index in [1.807, 2.05) is 25.1 Å². The van der Waals surface area contributed by atoms with Crippen molar-refractivity contribution < 1.29 is 0 Å². The Balaban J connectivity index is 1.96. The fraction of sp³-hybridized carbons (Fsp3) is 0.429. The highest BCUT2D eigenvalue weighted by atomic mass is 14.9. The Morgan fingerprint density at radius 1 is 1.24 bits per heavy atom. The van der Waals surface area contributed by atoms with Gasteiger partial charge < -0.3 is 5.73 Å². The van der Waals surface area contributed by atoms with Crippen LogP contribution in [-0.2, 0) is 6.42 Å². The lowest BCUT2D eigenvalue weighted by Gasteiger charge is -2.10. The SMILES string of the molecule is Cc1nc(CCC2(N)CC2)c2ccccc2n1. The Hall–Kier alpha value is -1.48. The predicted molar refractivity (Wildman–Crippen MR) is 68.7 cm³/mol. The number of benzene rings is 1. The quantitative estimate of drug-likeness (QED) is 0.875. The van der Waals surface area contributed by atoms with Crippen molar-refractivity contribution in [2.75, 3.05) is 0 Å². The van der Waals surface area contributed by atoms with Crippen molar-refractivity contribution in [1.82, 2.24) is 9.97 Å². The third-order valence-corrected chi connectivity index (χ3v) is 3.55. The molecule has 0 amide bonds. The fourth-order valence-electron chi connectivity index (χ4n) is 2.24. The number of para-hydroxylation sites is 1. The maximum Gasteiger partial charge on any atom is 0.126 e. The van der Waals surface area contributed by atoms with Gasteiger partial charge in [-0.05, 0) is 38.7 Å². The molecule has 1 aromatic heterocycles. The molecule has 2 aromatic rings. The monoisotopic (exact) mass is 227 g/mol. The highest BCUT2D eigenvalue weighted by Crippen LogP contribution is 2.36. The van der Waals surface area contributed by atoms with Gasteiger partial charge in [0.2, 0.25) is 0 Å². The summed E-state index contributed by atoms with van der Waals surface area (Å²) in [5.74, 6) is 0.848. The van der Waals surface area contributed by atoms with Crippen LogP contribution in [0, 0.1) is 6.92 Å². The number of nitrogens with zero attached hydrogens (tertiary/aromatic N) is 2. The minimum atomic E-state index is 0.0972. The topological polar surface area (TPSA) is 51.8 Å². The molecule has 0 unspecified atom stereocenters. The molecule has 17 heavy (non-hydrogen) atoms. The predicted octanol–water partition coefficient (Wildman–Crippen LogP) is 2.36. The third-order valence-electron chi connectivity index (χ3n) is 3.55. The van der Waals surface area contributed by atoms with Crippen LogP contribution in [0.15, 0.2) is 24.3 Å². The summed E-state index contributed by atoms with van der Waals surface area (Å²) in [6.07, 6.45) is 4.32. The first-order valence-electron chi connectivity index (χ1n) is 6.17. The van der Waals surface area contributed by atoms with Crippen molar-refractivity contribution in [2.24, 2.45) is 5.73 Å². The Bertz CT molecular complexity index is 558. The third kappa shape index (κ3) is 2.15. The van der Waals surface area contributed by atoms with Gasteiger partial charge in [0.1, 0.15) is 5.82 Å². The lowest BCUT2D eigenvalue weighted by atomic mass is 10.1. The van der Waals surface area contributed by atoms with Crippen LogP contribution >= 0.6 is 0 Å². The first-order valence-corrected chi connectivity index (χ1v) is 6.17. The second-order valence-corrected chi connectivity index (χ2v) is 5.10. The summed E-state index contributed by atoms with van der Waals surface area (Å²) in [6, 6.07) is 8.20. The van der Waals surface area contributed by atoms with E-state index in [4.69, 9.17) is 5.73 Å². The van der Waals surface area contributed by atoms with Crippen molar-refractivity contribution in [3.63, 3.8) is 0 Å². The Kier molecular flexibility index (Phi) is 2.37. The number of hydrogen-bond acceptors (Lipinski definition) is 3. The zero-order chi connectivity index (χ0) is 11.9. The molecular weight excluding hydrogens is 210 g/mol. The molecule has 3 heteroatoms. The van der Waals surface area contributed by atoms with Crippen LogP contribution in [-0.4, -0.2) is 15.5 Å². The number of hydrogen-bond donors (Lipinski definition) is 1. The summed E-state index contributed by atoms with van der Waals surface area (Å²) < 4.78 is 0. The molecule has 1 aromatic carbocycles. The van der Waals surface area contributed by atoms with Crippen molar-refractivity contribution in [1.29, 1.82) is 0 Å². The molecule has 0 bridgehead atoms. The van der Waals surface area contributed by atoms with Crippen LogP contribution in [0.2, 0.25) is 0 Å². The number of fused-ring (bicyclic) bond motifs is 1. The number of rotatable bonds is 3. The summed E-state index contributed by atoms with van der Waals surface area (Å²) in [5, 5.41) is 1.17. The second kappa shape index (κ2) is 3.77. The van der Waals surface area contributed by atoms with Gasteiger partial charge in [0.05, 0.1) is 11.2 Å². The minimum absolute atomic E-state index is 0.0972. The van der Waals surface area contributed by atoms with E-state index in [0.717, 1.165) is 42.7 Å². The van der Waals surface area contributed by atoms with Gasteiger partial charge >= 0.3 is 0 Å². The highest BCUT2D eigenvalue weighted by Gasteiger charge is 2.37. The fourth-order valence-corrected chi connectivity index (χ4v) is 2.24. The van der Waals surface area contributed by atoms with E-state index >= 15 is 0 Å². The van der Waals surface area contributed by atoms with Gasteiger partial charge in [0, 0.05) is 10.9 Å². The van der Waals surface area contributed by atoms with E-state index in [9.17, 15) is 0 Å². The van der Waals surface area contributed by atoms with Crippen molar-refractivity contribution >= 4 is 10.9 Å². The molecule has 1 saturated carbocycles.